The number of hydrogen-bond acceptors (Lipinski definition) is 5. The number of hydrogen-bond donors (Lipinski definition) is 3. The molecule has 0 aliphatic rings. The van der Waals surface area contributed by atoms with Crippen molar-refractivity contribution in [3.05, 3.63) is 53.2 Å². The smallest absolute Gasteiger partial charge is 0.268 e. The van der Waals surface area contributed by atoms with Gasteiger partial charge < -0.3 is 14.9 Å². The molecule has 2 amide bonds. The minimum atomic E-state index is -0.956. The second kappa shape index (κ2) is 6.06. The molecule has 21 heavy (non-hydrogen) atoms. The highest BCUT2D eigenvalue weighted by molar-refractivity contribution is 5.96. The predicted octanol–water partition coefficient (Wildman–Crippen LogP) is 0.700. The summed E-state index contributed by atoms with van der Waals surface area (Å²) in [5, 5.41) is 0. The normalized spacial score (nSPS) is 10.2. The van der Waals surface area contributed by atoms with Crippen molar-refractivity contribution in [2.75, 3.05) is 0 Å². The van der Waals surface area contributed by atoms with Gasteiger partial charge in [-0.05, 0) is 18.2 Å². The summed E-state index contributed by atoms with van der Waals surface area (Å²) in [5.74, 6) is 2.86. The number of nitrogens with two attached hydrogens (primary N) is 2. The van der Waals surface area contributed by atoms with E-state index >= 15 is 0 Å². The van der Waals surface area contributed by atoms with Gasteiger partial charge in [0.15, 0.2) is 5.76 Å². The summed E-state index contributed by atoms with van der Waals surface area (Å²) < 4.78 is 23.9. The molecule has 110 valence electrons. The van der Waals surface area contributed by atoms with Crippen molar-refractivity contribution in [1.29, 1.82) is 0 Å². The topological polar surface area (TPSA) is 121 Å². The molecule has 5 N–H and O–H groups in total. The minimum Gasteiger partial charge on any atom is -0.485 e. The molecule has 2 rings (SSSR count). The molecule has 0 fully saturated rings. The molecule has 7 nitrogen and oxygen atoms in total. The van der Waals surface area contributed by atoms with E-state index in [1.54, 1.807) is 0 Å². The van der Waals surface area contributed by atoms with Crippen molar-refractivity contribution in [2.24, 2.45) is 11.6 Å². The molecule has 1 aromatic heterocycles. The fraction of sp³-hybridized carbons (Fsp3) is 0.0769. The number of hydrazine groups is 1. The van der Waals surface area contributed by atoms with Crippen LogP contribution in [0.1, 0.15) is 26.5 Å². The number of rotatable bonds is 5. The quantitative estimate of drug-likeness (QED) is 0.425. The number of carbonyl (C=O) groups is 2. The Bertz CT molecular complexity index is 684. The molecule has 8 heteroatoms. The van der Waals surface area contributed by atoms with Crippen molar-refractivity contribution in [2.45, 2.75) is 6.61 Å². The number of furan rings is 1. The van der Waals surface area contributed by atoms with Crippen LogP contribution in [-0.4, -0.2) is 11.8 Å². The van der Waals surface area contributed by atoms with Crippen LogP contribution in [0.4, 0.5) is 4.39 Å². The molecule has 2 aromatic rings. The fourth-order valence-electron chi connectivity index (χ4n) is 1.74. The Morgan fingerprint density at radius 2 is 2.10 bits per heavy atom. The number of ether oxygens (including phenoxy) is 1. The van der Waals surface area contributed by atoms with Gasteiger partial charge in [0.25, 0.3) is 11.8 Å². The summed E-state index contributed by atoms with van der Waals surface area (Å²) in [6.45, 7) is -0.195. The summed E-state index contributed by atoms with van der Waals surface area (Å²) in [6.07, 6.45) is 1.28. The first kappa shape index (κ1) is 14.5. The van der Waals surface area contributed by atoms with Crippen LogP contribution >= 0.6 is 0 Å². The molecule has 0 aliphatic carbocycles. The number of halogens is 1. The molecule has 0 bridgehead atoms. The van der Waals surface area contributed by atoms with E-state index in [0.717, 1.165) is 6.07 Å². The van der Waals surface area contributed by atoms with Gasteiger partial charge in [-0.1, -0.05) is 6.07 Å². The van der Waals surface area contributed by atoms with Crippen LogP contribution in [0.3, 0.4) is 0 Å². The molecule has 1 heterocycles. The molecular formula is C13H12FN3O4. The van der Waals surface area contributed by atoms with E-state index in [-0.39, 0.29) is 29.2 Å². The predicted molar refractivity (Wildman–Crippen MR) is 69.6 cm³/mol. The fourth-order valence-corrected chi connectivity index (χ4v) is 1.74. The van der Waals surface area contributed by atoms with Gasteiger partial charge in [0, 0.05) is 0 Å². The number of nitrogen functional groups attached to an aromatic ring is 1. The third kappa shape index (κ3) is 3.00. The summed E-state index contributed by atoms with van der Waals surface area (Å²) in [5.41, 5.74) is 6.87. The van der Waals surface area contributed by atoms with Gasteiger partial charge in [-0.3, -0.25) is 15.0 Å². The number of benzene rings is 1. The van der Waals surface area contributed by atoms with Gasteiger partial charge in [0.1, 0.15) is 23.7 Å². The van der Waals surface area contributed by atoms with Crippen LogP contribution in [-0.2, 0) is 6.61 Å². The number of carbonyl (C=O) groups excluding carboxylic acids is 2. The summed E-state index contributed by atoms with van der Waals surface area (Å²) in [7, 11) is 0. The van der Waals surface area contributed by atoms with Gasteiger partial charge in [0.2, 0.25) is 0 Å². The number of amides is 2. The molecule has 0 aliphatic heterocycles. The lowest BCUT2D eigenvalue weighted by atomic mass is 10.2. The molecule has 1 aromatic carbocycles. The molecule has 0 saturated heterocycles. The maximum absolute atomic E-state index is 13.5. The minimum absolute atomic E-state index is 0.0435. The van der Waals surface area contributed by atoms with Gasteiger partial charge >= 0.3 is 0 Å². The Morgan fingerprint density at radius 1 is 1.33 bits per heavy atom. The summed E-state index contributed by atoms with van der Waals surface area (Å²) in [6, 6.07) is 5.25. The molecular weight excluding hydrogens is 281 g/mol. The Morgan fingerprint density at radius 3 is 2.76 bits per heavy atom. The van der Waals surface area contributed by atoms with E-state index in [0.29, 0.717) is 0 Å². The first-order chi connectivity index (χ1) is 10.0. The number of nitrogens with one attached hydrogen (secondary N) is 1. The molecule has 0 unspecified atom stereocenters. The van der Waals surface area contributed by atoms with Crippen LogP contribution in [0.2, 0.25) is 0 Å². The Hall–Kier alpha value is -2.87. The van der Waals surface area contributed by atoms with Crippen molar-refractivity contribution in [1.82, 2.24) is 5.43 Å². The van der Waals surface area contributed by atoms with Crippen LogP contribution < -0.4 is 21.7 Å². The second-order valence-electron chi connectivity index (χ2n) is 4.00. The highest BCUT2D eigenvalue weighted by Gasteiger charge is 2.18. The second-order valence-corrected chi connectivity index (χ2v) is 4.00. The van der Waals surface area contributed by atoms with Crippen LogP contribution in [0.5, 0.6) is 5.75 Å². The first-order valence-corrected chi connectivity index (χ1v) is 5.83. The van der Waals surface area contributed by atoms with Crippen molar-refractivity contribution < 1.29 is 23.1 Å². The monoisotopic (exact) mass is 293 g/mol. The van der Waals surface area contributed by atoms with Gasteiger partial charge in [0.05, 0.1) is 11.8 Å². The van der Waals surface area contributed by atoms with E-state index in [4.69, 9.17) is 20.7 Å². The van der Waals surface area contributed by atoms with Gasteiger partial charge in [-0.25, -0.2) is 10.2 Å². The van der Waals surface area contributed by atoms with Crippen LogP contribution in [0.25, 0.3) is 0 Å². The maximum atomic E-state index is 13.5. The standard InChI is InChI=1S/C13H12FN3O4/c14-8-2-1-3-9(11(8)12(15)18)21-6-10-7(4-5-20-10)13(19)17-16/h1-5H,6,16H2,(H2,15,18)(H,17,19). The van der Waals surface area contributed by atoms with E-state index in [9.17, 15) is 14.0 Å². The summed E-state index contributed by atoms with van der Waals surface area (Å²) in [4.78, 5) is 22.7. The lowest BCUT2D eigenvalue weighted by Gasteiger charge is -2.09. The van der Waals surface area contributed by atoms with Gasteiger partial charge in [-0.15, -0.1) is 0 Å². The highest BCUT2D eigenvalue weighted by Crippen LogP contribution is 2.23. The highest BCUT2D eigenvalue weighted by atomic mass is 19.1. The average molecular weight is 293 g/mol. The van der Waals surface area contributed by atoms with E-state index in [1.807, 2.05) is 5.43 Å². The Labute approximate surface area is 118 Å². The molecule has 0 radical (unpaired) electrons. The lowest BCUT2D eigenvalue weighted by Crippen LogP contribution is -2.30. The van der Waals surface area contributed by atoms with E-state index in [2.05, 4.69) is 0 Å². The zero-order valence-corrected chi connectivity index (χ0v) is 10.8. The van der Waals surface area contributed by atoms with Crippen molar-refractivity contribution in [3.63, 3.8) is 0 Å². The lowest BCUT2D eigenvalue weighted by molar-refractivity contribution is 0.0945. The SMILES string of the molecule is NNC(=O)c1ccoc1COc1cccc(F)c1C(N)=O. The zero-order valence-electron chi connectivity index (χ0n) is 10.8. The Balaban J connectivity index is 2.22. The van der Waals surface area contributed by atoms with Crippen molar-refractivity contribution >= 4 is 11.8 Å². The third-order valence-corrected chi connectivity index (χ3v) is 2.70. The zero-order chi connectivity index (χ0) is 15.4. The van der Waals surface area contributed by atoms with Crippen LogP contribution in [0, 0.1) is 5.82 Å². The first-order valence-electron chi connectivity index (χ1n) is 5.83. The molecule has 0 atom stereocenters. The van der Waals surface area contributed by atoms with Crippen LogP contribution in [0.15, 0.2) is 34.9 Å². The number of primary amides is 1. The van der Waals surface area contributed by atoms with Crippen molar-refractivity contribution in [3.8, 4) is 5.75 Å². The summed E-state index contributed by atoms with van der Waals surface area (Å²) >= 11 is 0. The molecule has 0 saturated carbocycles. The average Bonchev–Trinajstić information content (AvgIpc) is 2.92. The van der Waals surface area contributed by atoms with Gasteiger partial charge in [-0.2, -0.15) is 0 Å². The Kier molecular flexibility index (Phi) is 4.19. The van der Waals surface area contributed by atoms with E-state index in [1.165, 1.54) is 24.5 Å². The maximum Gasteiger partial charge on any atom is 0.268 e. The molecule has 0 spiro atoms. The largest absolute Gasteiger partial charge is 0.485 e. The third-order valence-electron chi connectivity index (χ3n) is 2.70. The van der Waals surface area contributed by atoms with E-state index < -0.39 is 17.6 Å².